The molecule has 0 aliphatic carbocycles. The minimum atomic E-state index is 0.355. The first-order valence-electron chi connectivity index (χ1n) is 7.02. The van der Waals surface area contributed by atoms with E-state index in [0.717, 1.165) is 44.0 Å². The smallest absolute Gasteiger partial charge is 0.222 e. The van der Waals surface area contributed by atoms with E-state index in [1.807, 2.05) is 13.0 Å². The van der Waals surface area contributed by atoms with Crippen LogP contribution in [0.2, 0.25) is 0 Å². The Morgan fingerprint density at radius 3 is 2.63 bits per heavy atom. The maximum Gasteiger partial charge on any atom is 0.222 e. The Kier molecular flexibility index (Phi) is 4.58. The summed E-state index contributed by atoms with van der Waals surface area (Å²) in [4.78, 5) is 10.7. The summed E-state index contributed by atoms with van der Waals surface area (Å²) in [6.07, 6.45) is 2.49. The Hall–Kier alpha value is -1.36. The fourth-order valence-electron chi connectivity index (χ4n) is 2.32. The van der Waals surface area contributed by atoms with Gasteiger partial charge in [0.1, 0.15) is 5.82 Å². The summed E-state index contributed by atoms with van der Waals surface area (Å²) >= 11 is 0. The average Bonchev–Trinajstić information content (AvgIpc) is 2.36. The molecule has 2 heterocycles. The van der Waals surface area contributed by atoms with Crippen LogP contribution >= 0.6 is 0 Å². The van der Waals surface area contributed by atoms with Crippen LogP contribution in [0.4, 0.5) is 11.8 Å². The lowest BCUT2D eigenvalue weighted by molar-refractivity contribution is 0.0214. The summed E-state index contributed by atoms with van der Waals surface area (Å²) < 4.78 is 5.89. The number of piperidine rings is 1. The third kappa shape index (κ3) is 4.06. The highest BCUT2D eigenvalue weighted by Crippen LogP contribution is 2.21. The lowest BCUT2D eigenvalue weighted by Crippen LogP contribution is -2.38. The SMILES string of the molecule is Cc1cc(N2CCC(OCC(C)C)CC2)nc(N)n1. The van der Waals surface area contributed by atoms with Gasteiger partial charge in [0.05, 0.1) is 6.10 Å². The van der Waals surface area contributed by atoms with Gasteiger partial charge in [0.15, 0.2) is 0 Å². The van der Waals surface area contributed by atoms with Crippen LogP contribution in [0.25, 0.3) is 0 Å². The number of anilines is 2. The van der Waals surface area contributed by atoms with Gasteiger partial charge in [-0.2, -0.15) is 4.98 Å². The monoisotopic (exact) mass is 264 g/mol. The molecule has 5 heteroatoms. The van der Waals surface area contributed by atoms with Crippen LogP contribution < -0.4 is 10.6 Å². The summed E-state index contributed by atoms with van der Waals surface area (Å²) in [6, 6.07) is 1.99. The Bertz CT molecular complexity index is 394. The predicted octanol–water partition coefficient (Wildman–Crippen LogP) is 2.01. The van der Waals surface area contributed by atoms with Crippen molar-refractivity contribution in [1.29, 1.82) is 0 Å². The van der Waals surface area contributed by atoms with Crippen LogP contribution in [0, 0.1) is 12.8 Å². The Morgan fingerprint density at radius 2 is 2.05 bits per heavy atom. The van der Waals surface area contributed by atoms with Gasteiger partial charge in [-0.1, -0.05) is 13.8 Å². The highest BCUT2D eigenvalue weighted by Gasteiger charge is 2.21. The van der Waals surface area contributed by atoms with E-state index >= 15 is 0 Å². The van der Waals surface area contributed by atoms with E-state index in [1.54, 1.807) is 0 Å². The van der Waals surface area contributed by atoms with E-state index in [1.165, 1.54) is 0 Å². The number of nitrogens with two attached hydrogens (primary N) is 1. The normalized spacial score (nSPS) is 17.2. The predicted molar refractivity (Wildman–Crippen MR) is 77.2 cm³/mol. The summed E-state index contributed by atoms with van der Waals surface area (Å²) in [7, 11) is 0. The molecule has 1 aliphatic heterocycles. The Morgan fingerprint density at radius 1 is 1.37 bits per heavy atom. The molecule has 0 unspecified atom stereocenters. The molecule has 1 aromatic rings. The third-order valence-corrected chi connectivity index (χ3v) is 3.29. The van der Waals surface area contributed by atoms with E-state index in [0.29, 0.717) is 18.0 Å². The van der Waals surface area contributed by atoms with E-state index in [2.05, 4.69) is 28.7 Å². The van der Waals surface area contributed by atoms with Crippen molar-refractivity contribution in [2.75, 3.05) is 30.3 Å². The lowest BCUT2D eigenvalue weighted by atomic mass is 10.1. The quantitative estimate of drug-likeness (QED) is 0.901. The van der Waals surface area contributed by atoms with Crippen molar-refractivity contribution >= 4 is 11.8 Å². The van der Waals surface area contributed by atoms with E-state index < -0.39 is 0 Å². The first kappa shape index (κ1) is 14.1. The molecule has 0 atom stereocenters. The number of ether oxygens (including phenoxy) is 1. The van der Waals surface area contributed by atoms with Crippen LogP contribution in [0.15, 0.2) is 6.07 Å². The highest BCUT2D eigenvalue weighted by atomic mass is 16.5. The van der Waals surface area contributed by atoms with Gasteiger partial charge in [0.25, 0.3) is 0 Å². The summed E-state index contributed by atoms with van der Waals surface area (Å²) in [5, 5.41) is 0. The maximum absolute atomic E-state index is 5.89. The molecule has 1 saturated heterocycles. The second-order valence-corrected chi connectivity index (χ2v) is 5.64. The maximum atomic E-state index is 5.89. The van der Waals surface area contributed by atoms with Gasteiger partial charge in [-0.15, -0.1) is 0 Å². The molecule has 0 aromatic carbocycles. The zero-order chi connectivity index (χ0) is 13.8. The molecular formula is C14H24N4O. The Balaban J connectivity index is 1.89. The molecule has 5 nitrogen and oxygen atoms in total. The van der Waals surface area contributed by atoms with E-state index in [4.69, 9.17) is 10.5 Å². The topological polar surface area (TPSA) is 64.3 Å². The van der Waals surface area contributed by atoms with Crippen molar-refractivity contribution < 1.29 is 4.74 Å². The van der Waals surface area contributed by atoms with E-state index in [9.17, 15) is 0 Å². The number of nitrogen functional groups attached to an aromatic ring is 1. The number of hydrogen-bond donors (Lipinski definition) is 1. The highest BCUT2D eigenvalue weighted by molar-refractivity contribution is 5.43. The van der Waals surface area contributed by atoms with E-state index in [-0.39, 0.29) is 0 Å². The second-order valence-electron chi connectivity index (χ2n) is 5.64. The molecule has 1 fully saturated rings. The third-order valence-electron chi connectivity index (χ3n) is 3.29. The minimum absolute atomic E-state index is 0.355. The number of aryl methyl sites for hydroxylation is 1. The molecule has 2 N–H and O–H groups in total. The standard InChI is InChI=1S/C14H24N4O/c1-10(2)9-19-12-4-6-18(7-5-12)13-8-11(3)16-14(15)17-13/h8,10,12H,4-7,9H2,1-3H3,(H2,15,16,17). The van der Waals surface area contributed by atoms with Crippen molar-refractivity contribution in [2.24, 2.45) is 5.92 Å². The fourth-order valence-corrected chi connectivity index (χ4v) is 2.32. The molecule has 0 radical (unpaired) electrons. The second kappa shape index (κ2) is 6.19. The molecule has 19 heavy (non-hydrogen) atoms. The van der Waals surface area contributed by atoms with Crippen LogP contribution in [-0.2, 0) is 4.74 Å². The summed E-state index contributed by atoms with van der Waals surface area (Å²) in [5.74, 6) is 1.89. The number of hydrogen-bond acceptors (Lipinski definition) is 5. The summed E-state index contributed by atoms with van der Waals surface area (Å²) in [6.45, 7) is 9.10. The van der Waals surface area contributed by atoms with Crippen LogP contribution in [0.5, 0.6) is 0 Å². The molecule has 1 aromatic heterocycles. The van der Waals surface area contributed by atoms with Crippen molar-refractivity contribution in [3.63, 3.8) is 0 Å². The first-order chi connectivity index (χ1) is 9.04. The van der Waals surface area contributed by atoms with Crippen LogP contribution in [0.3, 0.4) is 0 Å². The van der Waals surface area contributed by atoms with Gasteiger partial charge >= 0.3 is 0 Å². The largest absolute Gasteiger partial charge is 0.378 e. The molecular weight excluding hydrogens is 240 g/mol. The van der Waals surface area contributed by atoms with Gasteiger partial charge in [-0.3, -0.25) is 0 Å². The van der Waals surface area contributed by atoms with Gasteiger partial charge < -0.3 is 15.4 Å². The number of nitrogens with zero attached hydrogens (tertiary/aromatic N) is 3. The minimum Gasteiger partial charge on any atom is -0.378 e. The van der Waals surface area contributed by atoms with Crippen LogP contribution in [0.1, 0.15) is 32.4 Å². The fraction of sp³-hybridized carbons (Fsp3) is 0.714. The molecule has 2 rings (SSSR count). The Labute approximate surface area is 115 Å². The van der Waals surface area contributed by atoms with Gasteiger partial charge in [0.2, 0.25) is 5.95 Å². The zero-order valence-electron chi connectivity index (χ0n) is 12.1. The summed E-state index contributed by atoms with van der Waals surface area (Å²) in [5.41, 5.74) is 6.62. The van der Waals surface area contributed by atoms with Gasteiger partial charge in [-0.05, 0) is 25.7 Å². The number of aromatic nitrogens is 2. The van der Waals surface area contributed by atoms with Crippen molar-refractivity contribution in [3.05, 3.63) is 11.8 Å². The zero-order valence-corrected chi connectivity index (χ0v) is 12.1. The van der Waals surface area contributed by atoms with Gasteiger partial charge in [0, 0.05) is 31.5 Å². The van der Waals surface area contributed by atoms with Crippen molar-refractivity contribution in [1.82, 2.24) is 9.97 Å². The number of rotatable bonds is 4. The van der Waals surface area contributed by atoms with Crippen molar-refractivity contribution in [3.8, 4) is 0 Å². The molecule has 0 spiro atoms. The molecule has 0 saturated carbocycles. The lowest BCUT2D eigenvalue weighted by Gasteiger charge is -2.33. The molecule has 106 valence electrons. The van der Waals surface area contributed by atoms with Gasteiger partial charge in [-0.25, -0.2) is 4.98 Å². The molecule has 0 amide bonds. The van der Waals surface area contributed by atoms with Crippen LogP contribution in [-0.4, -0.2) is 35.8 Å². The molecule has 0 bridgehead atoms. The first-order valence-corrected chi connectivity index (χ1v) is 7.02. The van der Waals surface area contributed by atoms with Crippen molar-refractivity contribution in [2.45, 2.75) is 39.7 Å². The molecule has 1 aliphatic rings. The average molecular weight is 264 g/mol.